The highest BCUT2D eigenvalue weighted by Gasteiger charge is 2.30. The third kappa shape index (κ3) is 5.66. The number of anilines is 1. The number of nitrogens with zero attached hydrogens (tertiary/aromatic N) is 6. The van der Waals surface area contributed by atoms with E-state index < -0.39 is 0 Å². The van der Waals surface area contributed by atoms with Gasteiger partial charge in [0.05, 0.1) is 12.2 Å². The summed E-state index contributed by atoms with van der Waals surface area (Å²) in [4.78, 5) is 22.1. The van der Waals surface area contributed by atoms with Crippen molar-refractivity contribution in [3.8, 4) is 22.8 Å². The molecule has 8 nitrogen and oxygen atoms in total. The number of carbonyl (C=O) groups is 1. The molecule has 2 aromatic carbocycles. The Morgan fingerprint density at radius 2 is 1.53 bits per heavy atom. The van der Waals surface area contributed by atoms with E-state index in [0.717, 1.165) is 87.0 Å². The molecule has 0 atom stereocenters. The molecule has 0 radical (unpaired) electrons. The Hall–Kier alpha value is -3.49. The molecule has 38 heavy (non-hydrogen) atoms. The molecule has 1 saturated carbocycles. The number of benzene rings is 2. The second kappa shape index (κ2) is 11.5. The third-order valence-electron chi connectivity index (χ3n) is 8.10. The van der Waals surface area contributed by atoms with Crippen molar-refractivity contribution in [2.45, 2.75) is 25.3 Å². The molecule has 0 spiro atoms. The maximum atomic E-state index is 12.9. The Kier molecular flexibility index (Phi) is 7.51. The SMILES string of the molecule is O=C(CN1CCN(c2ccc(-c3ccccc3Oc3ccccc3)nn2)CC1)N1CCN(C2CCC2)CC1. The Bertz CT molecular complexity index is 1200. The van der Waals surface area contributed by atoms with Gasteiger partial charge in [0.1, 0.15) is 11.5 Å². The van der Waals surface area contributed by atoms with Gasteiger partial charge < -0.3 is 14.5 Å². The van der Waals surface area contributed by atoms with Gasteiger partial charge in [0, 0.05) is 64.0 Å². The fourth-order valence-corrected chi connectivity index (χ4v) is 5.53. The Labute approximate surface area is 224 Å². The van der Waals surface area contributed by atoms with Gasteiger partial charge in [0.2, 0.25) is 5.91 Å². The van der Waals surface area contributed by atoms with Gasteiger partial charge >= 0.3 is 0 Å². The first-order chi connectivity index (χ1) is 18.7. The van der Waals surface area contributed by atoms with Crippen molar-refractivity contribution in [3.63, 3.8) is 0 Å². The Morgan fingerprint density at radius 1 is 0.789 bits per heavy atom. The monoisotopic (exact) mass is 512 g/mol. The minimum atomic E-state index is 0.271. The lowest BCUT2D eigenvalue weighted by Gasteiger charge is -2.43. The molecule has 0 unspecified atom stereocenters. The van der Waals surface area contributed by atoms with E-state index in [1.807, 2.05) is 66.7 Å². The summed E-state index contributed by atoms with van der Waals surface area (Å²) in [7, 11) is 0. The van der Waals surface area contributed by atoms with E-state index in [4.69, 9.17) is 4.74 Å². The lowest BCUT2D eigenvalue weighted by atomic mass is 9.91. The predicted octanol–water partition coefficient (Wildman–Crippen LogP) is 3.75. The molecule has 1 amide bonds. The molecule has 0 bridgehead atoms. The molecule has 8 heteroatoms. The Morgan fingerprint density at radius 3 is 2.21 bits per heavy atom. The van der Waals surface area contributed by atoms with Crippen LogP contribution in [0.4, 0.5) is 5.82 Å². The molecule has 3 heterocycles. The fourth-order valence-electron chi connectivity index (χ4n) is 5.53. The number of piperazine rings is 2. The van der Waals surface area contributed by atoms with Crippen LogP contribution < -0.4 is 9.64 Å². The zero-order valence-corrected chi connectivity index (χ0v) is 21.9. The van der Waals surface area contributed by atoms with Gasteiger partial charge in [-0.3, -0.25) is 14.6 Å². The van der Waals surface area contributed by atoms with Crippen LogP contribution in [-0.4, -0.2) is 95.7 Å². The summed E-state index contributed by atoms with van der Waals surface area (Å²) in [6.45, 7) is 7.70. The van der Waals surface area contributed by atoms with Crippen LogP contribution in [0.15, 0.2) is 66.7 Å². The second-order valence-electron chi connectivity index (χ2n) is 10.5. The van der Waals surface area contributed by atoms with Crippen LogP contribution in [0.3, 0.4) is 0 Å². The number of ether oxygens (including phenoxy) is 1. The average Bonchev–Trinajstić information content (AvgIpc) is 2.94. The molecule has 198 valence electrons. The number of hydrogen-bond acceptors (Lipinski definition) is 7. The van der Waals surface area contributed by atoms with Gasteiger partial charge in [-0.25, -0.2) is 0 Å². The van der Waals surface area contributed by atoms with Crippen molar-refractivity contribution in [1.29, 1.82) is 0 Å². The lowest BCUT2D eigenvalue weighted by molar-refractivity contribution is -0.134. The van der Waals surface area contributed by atoms with Crippen LogP contribution in [0, 0.1) is 0 Å². The molecule has 3 aliphatic rings. The normalized spacial score (nSPS) is 19.3. The number of para-hydroxylation sites is 2. The van der Waals surface area contributed by atoms with Crippen LogP contribution in [0.25, 0.3) is 11.3 Å². The largest absolute Gasteiger partial charge is 0.457 e. The van der Waals surface area contributed by atoms with Crippen LogP contribution >= 0.6 is 0 Å². The summed E-state index contributed by atoms with van der Waals surface area (Å²) < 4.78 is 6.10. The highest BCUT2D eigenvalue weighted by atomic mass is 16.5. The number of carbonyl (C=O) groups excluding carboxylic acids is 1. The van der Waals surface area contributed by atoms with Crippen LogP contribution in [0.5, 0.6) is 11.5 Å². The molecular formula is C30H36N6O2. The van der Waals surface area contributed by atoms with E-state index in [2.05, 4.69) is 29.8 Å². The van der Waals surface area contributed by atoms with Crippen LogP contribution in [0.2, 0.25) is 0 Å². The van der Waals surface area contributed by atoms with Gasteiger partial charge in [0.15, 0.2) is 5.82 Å². The summed E-state index contributed by atoms with van der Waals surface area (Å²) in [5.41, 5.74) is 1.69. The first-order valence-corrected chi connectivity index (χ1v) is 13.9. The number of aromatic nitrogens is 2. The van der Waals surface area contributed by atoms with Crippen molar-refractivity contribution in [2.24, 2.45) is 0 Å². The van der Waals surface area contributed by atoms with Crippen molar-refractivity contribution in [1.82, 2.24) is 24.9 Å². The quantitative estimate of drug-likeness (QED) is 0.478. The Balaban J connectivity index is 1.01. The van der Waals surface area contributed by atoms with Gasteiger partial charge in [-0.05, 0) is 49.2 Å². The molecular weight excluding hydrogens is 476 g/mol. The minimum absolute atomic E-state index is 0.271. The van der Waals surface area contributed by atoms with Gasteiger partial charge in [0.25, 0.3) is 0 Å². The van der Waals surface area contributed by atoms with Crippen molar-refractivity contribution >= 4 is 11.7 Å². The third-order valence-corrected chi connectivity index (χ3v) is 8.10. The fraction of sp³-hybridized carbons (Fsp3) is 0.433. The van der Waals surface area contributed by atoms with Crippen LogP contribution in [0.1, 0.15) is 19.3 Å². The first kappa shape index (κ1) is 24.8. The molecule has 3 fully saturated rings. The second-order valence-corrected chi connectivity index (χ2v) is 10.5. The summed E-state index contributed by atoms with van der Waals surface area (Å²) in [6, 6.07) is 22.5. The summed E-state index contributed by atoms with van der Waals surface area (Å²) in [5, 5.41) is 9.08. The lowest BCUT2D eigenvalue weighted by Crippen LogP contribution is -2.56. The van der Waals surface area contributed by atoms with Gasteiger partial charge in [-0.1, -0.05) is 36.8 Å². The maximum absolute atomic E-state index is 12.9. The zero-order chi connectivity index (χ0) is 25.7. The van der Waals surface area contributed by atoms with Crippen molar-refractivity contribution < 1.29 is 9.53 Å². The highest BCUT2D eigenvalue weighted by Crippen LogP contribution is 2.32. The zero-order valence-electron chi connectivity index (χ0n) is 21.9. The number of amides is 1. The number of rotatable bonds is 7. The van der Waals surface area contributed by atoms with E-state index >= 15 is 0 Å². The minimum Gasteiger partial charge on any atom is -0.457 e. The smallest absolute Gasteiger partial charge is 0.236 e. The molecule has 2 aliphatic heterocycles. The van der Waals surface area contributed by atoms with Gasteiger partial charge in [-0.15, -0.1) is 10.2 Å². The van der Waals surface area contributed by atoms with Gasteiger partial charge in [-0.2, -0.15) is 0 Å². The molecule has 6 rings (SSSR count). The highest BCUT2D eigenvalue weighted by molar-refractivity contribution is 5.78. The standard InChI is InChI=1S/C30H36N6O2/c37-30(36-21-19-34(20-22-36)24-7-6-8-24)23-33-15-17-35(18-16-33)29-14-13-27(31-32-29)26-11-4-5-12-28(26)38-25-9-2-1-3-10-25/h1-5,9-14,24H,6-8,15-23H2. The molecule has 3 aromatic rings. The summed E-state index contributed by atoms with van der Waals surface area (Å²) in [6.07, 6.45) is 4.03. The first-order valence-electron chi connectivity index (χ1n) is 13.9. The summed E-state index contributed by atoms with van der Waals surface area (Å²) in [5.74, 6) is 2.68. The molecule has 0 N–H and O–H groups in total. The van der Waals surface area contributed by atoms with E-state index in [9.17, 15) is 4.79 Å². The van der Waals surface area contributed by atoms with Crippen molar-refractivity contribution in [2.75, 3.05) is 63.8 Å². The molecule has 1 aromatic heterocycles. The molecule has 1 aliphatic carbocycles. The van der Waals surface area contributed by atoms with E-state index in [1.165, 1.54) is 19.3 Å². The van der Waals surface area contributed by atoms with E-state index in [1.54, 1.807) is 0 Å². The predicted molar refractivity (Wildman–Crippen MR) is 148 cm³/mol. The maximum Gasteiger partial charge on any atom is 0.236 e. The van der Waals surface area contributed by atoms with Crippen molar-refractivity contribution in [3.05, 3.63) is 66.7 Å². The van der Waals surface area contributed by atoms with E-state index in [-0.39, 0.29) is 5.91 Å². The molecule has 2 saturated heterocycles. The van der Waals surface area contributed by atoms with E-state index in [0.29, 0.717) is 6.54 Å². The van der Waals surface area contributed by atoms with Crippen LogP contribution in [-0.2, 0) is 4.79 Å². The number of hydrogen-bond donors (Lipinski definition) is 0. The average molecular weight is 513 g/mol. The topological polar surface area (TPSA) is 65.0 Å². The summed E-state index contributed by atoms with van der Waals surface area (Å²) >= 11 is 0.